The van der Waals surface area contributed by atoms with Crippen LogP contribution in [0.5, 0.6) is 0 Å². The van der Waals surface area contributed by atoms with Crippen molar-refractivity contribution in [1.82, 2.24) is 5.32 Å². The van der Waals surface area contributed by atoms with Crippen LogP contribution in [-0.2, 0) is 17.8 Å². The molecule has 0 aliphatic rings. The monoisotopic (exact) mass is 321 g/mol. The van der Waals surface area contributed by atoms with E-state index >= 15 is 0 Å². The molecule has 0 bridgehead atoms. The van der Waals surface area contributed by atoms with Crippen LogP contribution >= 0.6 is 0 Å². The Morgan fingerprint density at radius 2 is 1.91 bits per heavy atom. The molecule has 2 N–H and O–H groups in total. The molecule has 2 aromatic rings. The van der Waals surface area contributed by atoms with E-state index in [0.717, 1.165) is 17.7 Å². The van der Waals surface area contributed by atoms with Gasteiger partial charge in [0.1, 0.15) is 18.2 Å². The van der Waals surface area contributed by atoms with E-state index in [-0.39, 0.29) is 18.6 Å². The number of rotatable bonds is 6. The molecular formula is C17H17F2NO3. The van der Waals surface area contributed by atoms with Crippen molar-refractivity contribution in [3.63, 3.8) is 0 Å². The lowest BCUT2D eigenvalue weighted by Crippen LogP contribution is -2.39. The van der Waals surface area contributed by atoms with Crippen LogP contribution in [0.25, 0.3) is 0 Å². The van der Waals surface area contributed by atoms with Crippen molar-refractivity contribution >= 4 is 6.09 Å². The third kappa shape index (κ3) is 5.34. The van der Waals surface area contributed by atoms with Gasteiger partial charge in [0.05, 0.1) is 12.6 Å². The highest BCUT2D eigenvalue weighted by Crippen LogP contribution is 2.12. The second-order valence-electron chi connectivity index (χ2n) is 5.03. The highest BCUT2D eigenvalue weighted by atomic mass is 19.1. The Bertz CT molecular complexity index is 650. The van der Waals surface area contributed by atoms with Gasteiger partial charge in [0.2, 0.25) is 0 Å². The van der Waals surface area contributed by atoms with Crippen LogP contribution < -0.4 is 5.32 Å². The van der Waals surface area contributed by atoms with Crippen LogP contribution in [-0.4, -0.2) is 23.8 Å². The van der Waals surface area contributed by atoms with Gasteiger partial charge in [-0.25, -0.2) is 13.6 Å². The summed E-state index contributed by atoms with van der Waals surface area (Å²) < 4.78 is 31.5. The Kier molecular flexibility index (Phi) is 6.05. The van der Waals surface area contributed by atoms with E-state index in [2.05, 4.69) is 5.32 Å². The molecule has 1 unspecified atom stereocenters. The zero-order valence-corrected chi connectivity index (χ0v) is 12.3. The third-order valence-corrected chi connectivity index (χ3v) is 3.24. The van der Waals surface area contributed by atoms with Gasteiger partial charge in [-0.3, -0.25) is 0 Å². The molecule has 1 amide bonds. The number of alkyl carbamates (subject to hydrolysis) is 1. The summed E-state index contributed by atoms with van der Waals surface area (Å²) in [6.07, 6.45) is -0.682. The van der Waals surface area contributed by atoms with Gasteiger partial charge in [0.25, 0.3) is 0 Å². The molecule has 0 aliphatic heterocycles. The molecule has 4 nitrogen and oxygen atoms in total. The number of hydrogen-bond acceptors (Lipinski definition) is 3. The Morgan fingerprint density at radius 1 is 1.17 bits per heavy atom. The Hall–Kier alpha value is -2.47. The lowest BCUT2D eigenvalue weighted by Gasteiger charge is -2.16. The van der Waals surface area contributed by atoms with Gasteiger partial charge in [0.15, 0.2) is 0 Å². The number of halogens is 2. The zero-order valence-electron chi connectivity index (χ0n) is 12.3. The molecule has 2 rings (SSSR count). The fraction of sp³-hybridized carbons (Fsp3) is 0.235. The topological polar surface area (TPSA) is 58.6 Å². The van der Waals surface area contributed by atoms with Crippen molar-refractivity contribution in [3.05, 3.63) is 71.3 Å². The maximum Gasteiger partial charge on any atom is 0.407 e. The fourth-order valence-corrected chi connectivity index (χ4v) is 2.05. The molecule has 0 spiro atoms. The number of hydrogen-bond donors (Lipinski definition) is 2. The SMILES string of the molecule is O=C(NC(CO)Cc1ccc(F)cc1F)OCc1ccccc1. The lowest BCUT2D eigenvalue weighted by molar-refractivity contribution is 0.129. The second-order valence-corrected chi connectivity index (χ2v) is 5.03. The van der Waals surface area contributed by atoms with Crippen LogP contribution in [0.2, 0.25) is 0 Å². The molecule has 0 aromatic heterocycles. The van der Waals surface area contributed by atoms with Crippen molar-refractivity contribution in [2.45, 2.75) is 19.1 Å². The first-order valence-electron chi connectivity index (χ1n) is 7.10. The summed E-state index contributed by atoms with van der Waals surface area (Å²) in [4.78, 5) is 11.7. The van der Waals surface area contributed by atoms with Crippen molar-refractivity contribution in [2.75, 3.05) is 6.61 Å². The van der Waals surface area contributed by atoms with E-state index in [4.69, 9.17) is 4.74 Å². The average molecular weight is 321 g/mol. The predicted molar refractivity (Wildman–Crippen MR) is 80.7 cm³/mol. The van der Waals surface area contributed by atoms with Gasteiger partial charge in [-0.05, 0) is 23.6 Å². The van der Waals surface area contributed by atoms with Crippen molar-refractivity contribution in [1.29, 1.82) is 0 Å². The Morgan fingerprint density at radius 3 is 2.57 bits per heavy atom. The number of benzene rings is 2. The summed E-state index contributed by atoms with van der Waals surface area (Å²) in [6.45, 7) is -0.299. The predicted octanol–water partition coefficient (Wildman–Crippen LogP) is 2.79. The first-order valence-corrected chi connectivity index (χ1v) is 7.10. The van der Waals surface area contributed by atoms with E-state index in [1.54, 1.807) is 0 Å². The van der Waals surface area contributed by atoms with Crippen LogP contribution in [0.4, 0.5) is 13.6 Å². The summed E-state index contributed by atoms with van der Waals surface area (Å²) in [5.41, 5.74) is 1.03. The first-order chi connectivity index (χ1) is 11.1. The summed E-state index contributed by atoms with van der Waals surface area (Å²) in [5, 5.41) is 11.8. The normalized spacial score (nSPS) is 11.8. The molecule has 0 aliphatic carbocycles. The van der Waals surface area contributed by atoms with E-state index in [1.165, 1.54) is 6.07 Å². The molecule has 0 saturated heterocycles. The minimum absolute atomic E-state index is 0.0308. The lowest BCUT2D eigenvalue weighted by atomic mass is 10.1. The largest absolute Gasteiger partial charge is 0.445 e. The van der Waals surface area contributed by atoms with Crippen molar-refractivity contribution in [3.8, 4) is 0 Å². The maximum absolute atomic E-state index is 13.6. The zero-order chi connectivity index (χ0) is 16.7. The Balaban J connectivity index is 1.87. The smallest absolute Gasteiger partial charge is 0.407 e. The second kappa shape index (κ2) is 8.24. The Labute approximate surface area is 132 Å². The number of nitrogens with one attached hydrogen (secondary N) is 1. The molecule has 0 heterocycles. The summed E-state index contributed by atoms with van der Waals surface area (Å²) in [7, 11) is 0. The van der Waals surface area contributed by atoms with E-state index in [9.17, 15) is 18.7 Å². The van der Waals surface area contributed by atoms with Crippen molar-refractivity contribution in [2.24, 2.45) is 0 Å². The molecule has 122 valence electrons. The van der Waals surface area contributed by atoms with Crippen LogP contribution in [0.1, 0.15) is 11.1 Å². The quantitative estimate of drug-likeness (QED) is 0.860. The van der Waals surface area contributed by atoms with E-state index in [1.807, 2.05) is 30.3 Å². The fourth-order valence-electron chi connectivity index (χ4n) is 2.05. The average Bonchev–Trinajstić information content (AvgIpc) is 2.55. The molecular weight excluding hydrogens is 304 g/mol. The van der Waals surface area contributed by atoms with Gasteiger partial charge in [-0.15, -0.1) is 0 Å². The third-order valence-electron chi connectivity index (χ3n) is 3.24. The number of aliphatic hydroxyl groups is 1. The maximum atomic E-state index is 13.6. The molecule has 0 radical (unpaired) electrons. The highest BCUT2D eigenvalue weighted by Gasteiger charge is 2.15. The van der Waals surface area contributed by atoms with Gasteiger partial charge >= 0.3 is 6.09 Å². The molecule has 1 atom stereocenters. The van der Waals surface area contributed by atoms with Gasteiger partial charge in [-0.2, -0.15) is 0 Å². The van der Waals surface area contributed by atoms with Crippen LogP contribution in [0.15, 0.2) is 48.5 Å². The first kappa shape index (κ1) is 16.9. The highest BCUT2D eigenvalue weighted by molar-refractivity contribution is 5.67. The number of aliphatic hydroxyl groups excluding tert-OH is 1. The molecule has 2 aromatic carbocycles. The number of ether oxygens (including phenoxy) is 1. The minimum Gasteiger partial charge on any atom is -0.445 e. The minimum atomic E-state index is -0.724. The van der Waals surface area contributed by atoms with Crippen molar-refractivity contribution < 1.29 is 23.4 Å². The van der Waals surface area contributed by atoms with E-state index in [0.29, 0.717) is 0 Å². The number of amides is 1. The van der Waals surface area contributed by atoms with E-state index < -0.39 is 30.4 Å². The summed E-state index contributed by atoms with van der Waals surface area (Å²) >= 11 is 0. The molecule has 0 fully saturated rings. The summed E-state index contributed by atoms with van der Waals surface area (Å²) in [6, 6.07) is 11.6. The van der Waals surface area contributed by atoms with Crippen LogP contribution in [0, 0.1) is 11.6 Å². The van der Waals surface area contributed by atoms with Crippen LogP contribution in [0.3, 0.4) is 0 Å². The number of carbonyl (C=O) groups excluding carboxylic acids is 1. The van der Waals surface area contributed by atoms with Gasteiger partial charge < -0.3 is 15.2 Å². The number of carbonyl (C=O) groups is 1. The van der Waals surface area contributed by atoms with Gasteiger partial charge in [-0.1, -0.05) is 36.4 Å². The molecule has 23 heavy (non-hydrogen) atoms. The molecule has 6 heteroatoms. The van der Waals surface area contributed by atoms with Gasteiger partial charge in [0, 0.05) is 6.07 Å². The molecule has 0 saturated carbocycles. The summed E-state index contributed by atoms with van der Waals surface area (Å²) in [5.74, 6) is -1.40. The standard InChI is InChI=1S/C17H17F2NO3/c18-14-7-6-13(16(19)9-14)8-15(10-21)20-17(22)23-11-12-4-2-1-3-5-12/h1-7,9,15,21H,8,10-11H2,(H,20,22).